The predicted octanol–water partition coefficient (Wildman–Crippen LogP) is 2.24. The van der Waals surface area contributed by atoms with E-state index in [9.17, 15) is 14.7 Å². The number of fused-ring (bicyclic) bond motifs is 1. The molecule has 0 radical (unpaired) electrons. The van der Waals surface area contributed by atoms with Crippen molar-refractivity contribution in [1.29, 1.82) is 0 Å². The summed E-state index contributed by atoms with van der Waals surface area (Å²) in [6, 6.07) is 6.77. The first-order chi connectivity index (χ1) is 11.6. The lowest BCUT2D eigenvalue weighted by Crippen LogP contribution is -2.43. The van der Waals surface area contributed by atoms with Crippen molar-refractivity contribution in [3.05, 3.63) is 36.0 Å². The van der Waals surface area contributed by atoms with E-state index < -0.39 is 12.0 Å². The summed E-state index contributed by atoms with van der Waals surface area (Å²) in [6.45, 7) is 0.676. The SMILES string of the molecule is O=C(CC1CCCCO1)NC(Cc1c[nH]c2ccccc12)C(=O)O. The lowest BCUT2D eigenvalue weighted by atomic mass is 10.0. The minimum Gasteiger partial charge on any atom is -0.480 e. The Morgan fingerprint density at radius 1 is 1.33 bits per heavy atom. The van der Waals surface area contributed by atoms with E-state index in [0.29, 0.717) is 6.61 Å². The molecule has 2 unspecified atom stereocenters. The van der Waals surface area contributed by atoms with Gasteiger partial charge < -0.3 is 20.1 Å². The summed E-state index contributed by atoms with van der Waals surface area (Å²) >= 11 is 0. The molecule has 0 aliphatic carbocycles. The van der Waals surface area contributed by atoms with Crippen molar-refractivity contribution >= 4 is 22.8 Å². The number of carbonyl (C=O) groups excluding carboxylic acids is 1. The maximum absolute atomic E-state index is 12.2. The van der Waals surface area contributed by atoms with Crippen LogP contribution in [0.2, 0.25) is 0 Å². The Hall–Kier alpha value is -2.34. The molecule has 1 aliphatic rings. The second kappa shape index (κ2) is 7.49. The van der Waals surface area contributed by atoms with E-state index in [1.165, 1.54) is 0 Å². The first-order valence-corrected chi connectivity index (χ1v) is 8.32. The fraction of sp³-hybridized carbons (Fsp3) is 0.444. The van der Waals surface area contributed by atoms with E-state index in [1.807, 2.05) is 24.3 Å². The van der Waals surface area contributed by atoms with E-state index in [2.05, 4.69) is 10.3 Å². The number of amides is 1. The highest BCUT2D eigenvalue weighted by atomic mass is 16.5. The van der Waals surface area contributed by atoms with E-state index in [1.54, 1.807) is 6.20 Å². The minimum atomic E-state index is -1.03. The van der Waals surface area contributed by atoms with Gasteiger partial charge in [0.1, 0.15) is 6.04 Å². The van der Waals surface area contributed by atoms with Crippen LogP contribution in [-0.2, 0) is 20.7 Å². The number of ether oxygens (including phenoxy) is 1. The Morgan fingerprint density at radius 2 is 2.17 bits per heavy atom. The molecule has 2 aromatic rings. The van der Waals surface area contributed by atoms with Crippen LogP contribution in [0.3, 0.4) is 0 Å². The van der Waals surface area contributed by atoms with Crippen molar-refractivity contribution in [2.45, 2.75) is 44.2 Å². The second-order valence-electron chi connectivity index (χ2n) is 6.21. The van der Waals surface area contributed by atoms with Crippen LogP contribution in [-0.4, -0.2) is 40.7 Å². The van der Waals surface area contributed by atoms with Gasteiger partial charge in [-0.1, -0.05) is 18.2 Å². The van der Waals surface area contributed by atoms with E-state index in [0.717, 1.165) is 35.7 Å². The zero-order valence-corrected chi connectivity index (χ0v) is 13.5. The van der Waals surface area contributed by atoms with Gasteiger partial charge in [-0.2, -0.15) is 0 Å². The zero-order valence-electron chi connectivity index (χ0n) is 13.5. The van der Waals surface area contributed by atoms with Crippen molar-refractivity contribution in [2.75, 3.05) is 6.61 Å². The van der Waals surface area contributed by atoms with Gasteiger partial charge in [0.15, 0.2) is 0 Å². The summed E-state index contributed by atoms with van der Waals surface area (Å²) in [6.07, 6.45) is 5.10. The number of H-pyrrole nitrogens is 1. The summed E-state index contributed by atoms with van der Waals surface area (Å²) in [4.78, 5) is 26.8. The summed E-state index contributed by atoms with van der Waals surface area (Å²) in [5.74, 6) is -1.30. The highest BCUT2D eigenvalue weighted by Gasteiger charge is 2.24. The van der Waals surface area contributed by atoms with Crippen molar-refractivity contribution in [3.8, 4) is 0 Å². The smallest absolute Gasteiger partial charge is 0.326 e. The third kappa shape index (κ3) is 3.94. The maximum atomic E-state index is 12.2. The molecule has 3 rings (SSSR count). The number of aliphatic carboxylic acids is 1. The largest absolute Gasteiger partial charge is 0.480 e. The van der Waals surface area contributed by atoms with Gasteiger partial charge in [-0.3, -0.25) is 4.79 Å². The number of aromatic amines is 1. The predicted molar refractivity (Wildman–Crippen MR) is 89.8 cm³/mol. The number of nitrogens with one attached hydrogen (secondary N) is 2. The number of benzene rings is 1. The van der Waals surface area contributed by atoms with Crippen LogP contribution in [0.5, 0.6) is 0 Å². The molecule has 2 heterocycles. The Kier molecular flexibility index (Phi) is 5.15. The molecule has 1 fully saturated rings. The Bertz CT molecular complexity index is 719. The van der Waals surface area contributed by atoms with E-state index in [4.69, 9.17) is 4.74 Å². The molecule has 1 aromatic heterocycles. The molecule has 0 bridgehead atoms. The fourth-order valence-corrected chi connectivity index (χ4v) is 3.15. The molecule has 6 nitrogen and oxygen atoms in total. The van der Waals surface area contributed by atoms with Gasteiger partial charge >= 0.3 is 5.97 Å². The first kappa shape index (κ1) is 16.5. The topological polar surface area (TPSA) is 91.4 Å². The van der Waals surface area contributed by atoms with Crippen LogP contribution in [0, 0.1) is 0 Å². The number of para-hydroxylation sites is 1. The number of carbonyl (C=O) groups is 2. The summed E-state index contributed by atoms with van der Waals surface area (Å²) < 4.78 is 5.54. The Morgan fingerprint density at radius 3 is 2.92 bits per heavy atom. The summed E-state index contributed by atoms with van der Waals surface area (Å²) in [5, 5.41) is 13.1. The molecule has 3 N–H and O–H groups in total. The minimum absolute atomic E-state index is 0.0960. The third-order valence-corrected chi connectivity index (χ3v) is 4.42. The molecule has 2 atom stereocenters. The van der Waals surface area contributed by atoms with Crippen LogP contribution in [0.15, 0.2) is 30.5 Å². The molecule has 0 saturated carbocycles. The number of carboxylic acids is 1. The van der Waals surface area contributed by atoms with E-state index in [-0.39, 0.29) is 24.9 Å². The quantitative estimate of drug-likeness (QED) is 0.757. The summed E-state index contributed by atoms with van der Waals surface area (Å²) in [5.41, 5.74) is 1.84. The van der Waals surface area contributed by atoms with Crippen LogP contribution in [0.25, 0.3) is 10.9 Å². The van der Waals surface area contributed by atoms with Crippen LogP contribution in [0.1, 0.15) is 31.2 Å². The van der Waals surface area contributed by atoms with Crippen molar-refractivity contribution in [2.24, 2.45) is 0 Å². The van der Waals surface area contributed by atoms with Crippen LogP contribution in [0.4, 0.5) is 0 Å². The number of hydrogen-bond donors (Lipinski definition) is 3. The van der Waals surface area contributed by atoms with Crippen LogP contribution >= 0.6 is 0 Å². The summed E-state index contributed by atoms with van der Waals surface area (Å²) in [7, 11) is 0. The zero-order chi connectivity index (χ0) is 16.9. The van der Waals surface area contributed by atoms with Gasteiger partial charge in [0, 0.05) is 30.1 Å². The molecular formula is C18H22N2O4. The highest BCUT2D eigenvalue weighted by molar-refractivity contribution is 5.86. The molecule has 24 heavy (non-hydrogen) atoms. The van der Waals surface area contributed by atoms with Gasteiger partial charge in [-0.25, -0.2) is 4.79 Å². The average molecular weight is 330 g/mol. The number of aromatic nitrogens is 1. The Labute approximate surface area is 140 Å². The molecule has 0 spiro atoms. The molecule has 1 amide bonds. The van der Waals surface area contributed by atoms with Gasteiger partial charge in [0.2, 0.25) is 5.91 Å². The van der Waals surface area contributed by atoms with Gasteiger partial charge in [0.05, 0.1) is 12.5 Å². The molecule has 128 valence electrons. The van der Waals surface area contributed by atoms with Crippen molar-refractivity contribution in [3.63, 3.8) is 0 Å². The van der Waals surface area contributed by atoms with Gasteiger partial charge in [-0.15, -0.1) is 0 Å². The molecule has 6 heteroatoms. The average Bonchev–Trinajstić information content (AvgIpc) is 2.98. The third-order valence-electron chi connectivity index (χ3n) is 4.42. The number of hydrogen-bond acceptors (Lipinski definition) is 3. The monoisotopic (exact) mass is 330 g/mol. The molecule has 1 aromatic carbocycles. The fourth-order valence-electron chi connectivity index (χ4n) is 3.15. The maximum Gasteiger partial charge on any atom is 0.326 e. The molecular weight excluding hydrogens is 308 g/mol. The lowest BCUT2D eigenvalue weighted by Gasteiger charge is -2.23. The van der Waals surface area contributed by atoms with Crippen LogP contribution < -0.4 is 5.32 Å². The number of carboxylic acid groups (broad SMARTS) is 1. The van der Waals surface area contributed by atoms with Gasteiger partial charge in [-0.05, 0) is 30.9 Å². The standard InChI is InChI=1S/C18H22N2O4/c21-17(10-13-5-3-4-8-24-13)20-16(18(22)23)9-12-11-19-15-7-2-1-6-14(12)15/h1-2,6-7,11,13,16,19H,3-5,8-10H2,(H,20,21)(H,22,23). The Balaban J connectivity index is 1.64. The van der Waals surface area contributed by atoms with Crippen molar-refractivity contribution < 1.29 is 19.4 Å². The molecule has 1 aliphatic heterocycles. The molecule has 1 saturated heterocycles. The first-order valence-electron chi connectivity index (χ1n) is 8.32. The highest BCUT2D eigenvalue weighted by Crippen LogP contribution is 2.20. The van der Waals surface area contributed by atoms with Gasteiger partial charge in [0.25, 0.3) is 0 Å². The second-order valence-corrected chi connectivity index (χ2v) is 6.21. The number of rotatable bonds is 6. The lowest BCUT2D eigenvalue weighted by molar-refractivity contribution is -0.142. The van der Waals surface area contributed by atoms with E-state index >= 15 is 0 Å². The normalized spacial score (nSPS) is 19.1. The van der Waals surface area contributed by atoms with Crippen molar-refractivity contribution in [1.82, 2.24) is 10.3 Å².